The molecule has 1 aliphatic carbocycles. The third-order valence-electron chi connectivity index (χ3n) is 3.40. The molecule has 1 aliphatic rings. The second kappa shape index (κ2) is 4.44. The Hall–Kier alpha value is -1.06. The van der Waals surface area contributed by atoms with Crippen molar-refractivity contribution in [3.8, 4) is 5.75 Å². The molecule has 2 N–H and O–H groups in total. The van der Waals surface area contributed by atoms with Gasteiger partial charge in [-0.25, -0.2) is 0 Å². The monoisotopic (exact) mass is 221 g/mol. The lowest BCUT2D eigenvalue weighted by Gasteiger charge is -2.41. The fraction of sp³-hybridized carbons (Fsp3) is 0.538. The molecule has 0 aromatic heterocycles. The first-order valence-electron chi connectivity index (χ1n) is 5.64. The molecule has 1 fully saturated rings. The molecule has 0 radical (unpaired) electrons. The quantitative estimate of drug-likeness (QED) is 0.846. The van der Waals surface area contributed by atoms with Crippen LogP contribution in [0.25, 0.3) is 0 Å². The summed E-state index contributed by atoms with van der Waals surface area (Å²) in [6.07, 6.45) is 0.992. The highest BCUT2D eigenvalue weighted by Gasteiger charge is 2.41. The molecule has 0 heterocycles. The zero-order valence-electron chi connectivity index (χ0n) is 10.1. The van der Waals surface area contributed by atoms with E-state index in [2.05, 4.69) is 19.9 Å². The van der Waals surface area contributed by atoms with Gasteiger partial charge in [-0.3, -0.25) is 0 Å². The summed E-state index contributed by atoms with van der Waals surface area (Å²) >= 11 is 0. The molecule has 1 aromatic carbocycles. The first kappa shape index (κ1) is 11.4. The van der Waals surface area contributed by atoms with Crippen molar-refractivity contribution in [3.05, 3.63) is 29.3 Å². The maximum atomic E-state index is 5.93. The summed E-state index contributed by atoms with van der Waals surface area (Å²) in [5.41, 5.74) is 8.28. The summed E-state index contributed by atoms with van der Waals surface area (Å²) in [4.78, 5) is 0. The number of hydrogen-bond donors (Lipinski definition) is 1. The predicted octanol–water partition coefficient (Wildman–Crippen LogP) is 1.80. The molecule has 88 valence electrons. The van der Waals surface area contributed by atoms with Gasteiger partial charge in [0.05, 0.1) is 0 Å². The first-order chi connectivity index (χ1) is 7.63. The highest BCUT2D eigenvalue weighted by atomic mass is 16.5. The molecule has 3 unspecified atom stereocenters. The standard InChI is InChI=1S/C13H19NO2/c1-8-5-4-6-11(9(8)2)16-12-7-10(14)13(12)15-3/h4-6,10,12-13H,7,14H2,1-3H3. The van der Waals surface area contributed by atoms with E-state index in [0.717, 1.165) is 12.2 Å². The van der Waals surface area contributed by atoms with Crippen LogP contribution in [-0.4, -0.2) is 25.4 Å². The van der Waals surface area contributed by atoms with Crippen molar-refractivity contribution in [1.29, 1.82) is 0 Å². The van der Waals surface area contributed by atoms with Crippen LogP contribution in [0.5, 0.6) is 5.75 Å². The first-order valence-corrected chi connectivity index (χ1v) is 5.64. The minimum absolute atomic E-state index is 0.0277. The molecule has 3 atom stereocenters. The molecule has 3 nitrogen and oxygen atoms in total. The van der Waals surface area contributed by atoms with Gasteiger partial charge < -0.3 is 15.2 Å². The van der Waals surface area contributed by atoms with E-state index in [1.165, 1.54) is 11.1 Å². The molecule has 0 saturated heterocycles. The average Bonchev–Trinajstić information content (AvgIpc) is 2.24. The predicted molar refractivity (Wildman–Crippen MR) is 63.7 cm³/mol. The van der Waals surface area contributed by atoms with E-state index in [0.29, 0.717) is 0 Å². The maximum Gasteiger partial charge on any atom is 0.128 e. The molecule has 16 heavy (non-hydrogen) atoms. The van der Waals surface area contributed by atoms with Crippen molar-refractivity contribution in [2.24, 2.45) is 5.73 Å². The van der Waals surface area contributed by atoms with E-state index in [1.807, 2.05) is 12.1 Å². The van der Waals surface area contributed by atoms with Crippen LogP contribution in [0.15, 0.2) is 18.2 Å². The van der Waals surface area contributed by atoms with E-state index in [1.54, 1.807) is 7.11 Å². The van der Waals surface area contributed by atoms with E-state index in [-0.39, 0.29) is 18.2 Å². The fourth-order valence-corrected chi connectivity index (χ4v) is 2.07. The van der Waals surface area contributed by atoms with Gasteiger partial charge in [0.15, 0.2) is 0 Å². The maximum absolute atomic E-state index is 5.93. The van der Waals surface area contributed by atoms with Gasteiger partial charge in [0.2, 0.25) is 0 Å². The summed E-state index contributed by atoms with van der Waals surface area (Å²) in [5.74, 6) is 0.943. The molecule has 0 bridgehead atoms. The largest absolute Gasteiger partial charge is 0.487 e. The van der Waals surface area contributed by atoms with Gasteiger partial charge in [0.25, 0.3) is 0 Å². The summed E-state index contributed by atoms with van der Waals surface area (Å²) in [6, 6.07) is 6.21. The fourth-order valence-electron chi connectivity index (χ4n) is 2.07. The Morgan fingerprint density at radius 3 is 2.69 bits per heavy atom. The molecule has 3 heteroatoms. The Balaban J connectivity index is 2.07. The topological polar surface area (TPSA) is 44.5 Å². The van der Waals surface area contributed by atoms with Gasteiger partial charge in [-0.05, 0) is 31.0 Å². The van der Waals surface area contributed by atoms with Crippen molar-refractivity contribution in [2.75, 3.05) is 7.11 Å². The zero-order chi connectivity index (χ0) is 11.7. The van der Waals surface area contributed by atoms with Crippen molar-refractivity contribution in [3.63, 3.8) is 0 Å². The Morgan fingerprint density at radius 2 is 2.06 bits per heavy atom. The van der Waals surface area contributed by atoms with E-state index < -0.39 is 0 Å². The van der Waals surface area contributed by atoms with Crippen molar-refractivity contribution < 1.29 is 9.47 Å². The normalized spacial score (nSPS) is 28.6. The van der Waals surface area contributed by atoms with Crippen LogP contribution < -0.4 is 10.5 Å². The van der Waals surface area contributed by atoms with Crippen LogP contribution >= 0.6 is 0 Å². The van der Waals surface area contributed by atoms with Crippen molar-refractivity contribution in [1.82, 2.24) is 0 Å². The molecule has 0 spiro atoms. The second-order valence-electron chi connectivity index (χ2n) is 4.45. The highest BCUT2D eigenvalue weighted by molar-refractivity contribution is 5.38. The Morgan fingerprint density at radius 1 is 1.31 bits per heavy atom. The summed E-state index contributed by atoms with van der Waals surface area (Å²) < 4.78 is 11.2. The van der Waals surface area contributed by atoms with Crippen LogP contribution in [0.4, 0.5) is 0 Å². The summed E-state index contributed by atoms with van der Waals surface area (Å²) in [5, 5.41) is 0. The Kier molecular flexibility index (Phi) is 3.17. The average molecular weight is 221 g/mol. The smallest absolute Gasteiger partial charge is 0.128 e. The van der Waals surface area contributed by atoms with Gasteiger partial charge in [-0.1, -0.05) is 12.1 Å². The van der Waals surface area contributed by atoms with E-state index in [9.17, 15) is 0 Å². The minimum Gasteiger partial charge on any atom is -0.487 e. The van der Waals surface area contributed by atoms with Gasteiger partial charge >= 0.3 is 0 Å². The minimum atomic E-state index is 0.0277. The lowest BCUT2D eigenvalue weighted by molar-refractivity contribution is -0.0784. The molecule has 1 saturated carbocycles. The van der Waals surface area contributed by atoms with Crippen LogP contribution in [-0.2, 0) is 4.74 Å². The van der Waals surface area contributed by atoms with Crippen LogP contribution in [0.3, 0.4) is 0 Å². The van der Waals surface area contributed by atoms with Crippen molar-refractivity contribution in [2.45, 2.75) is 38.5 Å². The number of ether oxygens (including phenoxy) is 2. The number of nitrogens with two attached hydrogens (primary N) is 1. The molecular weight excluding hydrogens is 202 g/mol. The lowest BCUT2D eigenvalue weighted by atomic mass is 9.86. The van der Waals surface area contributed by atoms with E-state index >= 15 is 0 Å². The highest BCUT2D eigenvalue weighted by Crippen LogP contribution is 2.29. The van der Waals surface area contributed by atoms with E-state index in [4.69, 9.17) is 15.2 Å². The van der Waals surface area contributed by atoms with Crippen LogP contribution in [0, 0.1) is 13.8 Å². The third-order valence-corrected chi connectivity index (χ3v) is 3.40. The number of aryl methyl sites for hydroxylation is 1. The lowest BCUT2D eigenvalue weighted by Crippen LogP contribution is -2.59. The molecule has 1 aromatic rings. The second-order valence-corrected chi connectivity index (χ2v) is 4.45. The molecule has 0 aliphatic heterocycles. The molecular formula is C13H19NO2. The molecule has 2 rings (SSSR count). The Bertz CT molecular complexity index is 378. The summed E-state index contributed by atoms with van der Waals surface area (Å²) in [7, 11) is 1.68. The van der Waals surface area contributed by atoms with Crippen molar-refractivity contribution >= 4 is 0 Å². The van der Waals surface area contributed by atoms with Gasteiger partial charge in [0, 0.05) is 19.6 Å². The third kappa shape index (κ3) is 1.93. The number of benzene rings is 1. The van der Waals surface area contributed by atoms with Gasteiger partial charge in [-0.2, -0.15) is 0 Å². The van der Waals surface area contributed by atoms with Crippen LogP contribution in [0.2, 0.25) is 0 Å². The van der Waals surface area contributed by atoms with Gasteiger partial charge in [-0.15, -0.1) is 0 Å². The molecule has 0 amide bonds. The number of rotatable bonds is 3. The number of hydrogen-bond acceptors (Lipinski definition) is 3. The number of methoxy groups -OCH3 is 1. The van der Waals surface area contributed by atoms with Crippen LogP contribution in [0.1, 0.15) is 17.5 Å². The summed E-state index contributed by atoms with van der Waals surface area (Å²) in [6.45, 7) is 4.16. The SMILES string of the molecule is COC1C(N)CC1Oc1cccc(C)c1C. The Labute approximate surface area is 96.5 Å². The zero-order valence-corrected chi connectivity index (χ0v) is 10.1. The van der Waals surface area contributed by atoms with Gasteiger partial charge in [0.1, 0.15) is 18.0 Å².